The van der Waals surface area contributed by atoms with E-state index in [1.54, 1.807) is 20.3 Å². The van der Waals surface area contributed by atoms with Crippen molar-refractivity contribution in [3.63, 3.8) is 0 Å². The molecule has 12 heteroatoms. The van der Waals surface area contributed by atoms with E-state index < -0.39 is 61.1 Å². The van der Waals surface area contributed by atoms with Crippen LogP contribution in [0, 0.1) is 23.2 Å². The van der Waals surface area contributed by atoms with Crippen molar-refractivity contribution >= 4 is 5.97 Å². The molecule has 3 N–H and O–H groups in total. The van der Waals surface area contributed by atoms with E-state index in [0.717, 1.165) is 18.4 Å². The van der Waals surface area contributed by atoms with Crippen molar-refractivity contribution in [2.75, 3.05) is 13.7 Å². The van der Waals surface area contributed by atoms with E-state index in [0.29, 0.717) is 32.3 Å². The van der Waals surface area contributed by atoms with Gasteiger partial charge in [0.15, 0.2) is 12.6 Å². The molecule has 12 nitrogen and oxygen atoms in total. The molecule has 258 valence electrons. The predicted molar refractivity (Wildman–Crippen MR) is 160 cm³/mol. The molecule has 0 amide bonds. The summed E-state index contributed by atoms with van der Waals surface area (Å²) in [5.41, 5.74) is 1.95. The molecule has 0 spiro atoms. The molecule has 5 heterocycles. The van der Waals surface area contributed by atoms with Crippen LogP contribution in [-0.4, -0.2) is 108 Å². The summed E-state index contributed by atoms with van der Waals surface area (Å²) < 4.78 is 48.5. The van der Waals surface area contributed by atoms with Crippen LogP contribution in [0.1, 0.15) is 72.6 Å². The molecule has 16 atom stereocenters. The Kier molecular flexibility index (Phi) is 8.85. The van der Waals surface area contributed by atoms with E-state index in [4.69, 9.17) is 37.9 Å². The van der Waals surface area contributed by atoms with Gasteiger partial charge in [-0.2, -0.15) is 0 Å². The molecule has 7 rings (SSSR count). The van der Waals surface area contributed by atoms with Crippen LogP contribution in [0.5, 0.6) is 0 Å². The zero-order valence-electron chi connectivity index (χ0n) is 27.4. The van der Waals surface area contributed by atoms with Crippen molar-refractivity contribution in [1.82, 2.24) is 0 Å². The number of fused-ring (bicyclic) bond motifs is 3. The molecule has 5 aliphatic heterocycles. The molecule has 46 heavy (non-hydrogen) atoms. The molecule has 4 saturated heterocycles. The van der Waals surface area contributed by atoms with E-state index >= 15 is 0 Å². The van der Waals surface area contributed by atoms with E-state index in [2.05, 4.69) is 13.0 Å². The fourth-order valence-corrected chi connectivity index (χ4v) is 9.38. The number of ether oxygens (including phenoxy) is 8. The monoisotopic (exact) mass is 650 g/mol. The fraction of sp³-hybridized carbons (Fsp3) is 0.853. The average molecular weight is 651 g/mol. The molecular formula is C34H50O12. The van der Waals surface area contributed by atoms with Crippen LogP contribution >= 0.6 is 0 Å². The first-order valence-corrected chi connectivity index (χ1v) is 17.0. The highest BCUT2D eigenvalue weighted by Gasteiger charge is 2.58. The van der Waals surface area contributed by atoms with Crippen LogP contribution in [0.3, 0.4) is 0 Å². The summed E-state index contributed by atoms with van der Waals surface area (Å²) in [7, 11) is 1.61. The smallest absolute Gasteiger partial charge is 0.309 e. The topological polar surface area (TPSA) is 152 Å². The molecule has 2 aliphatic carbocycles. The van der Waals surface area contributed by atoms with Gasteiger partial charge in [-0.3, -0.25) is 4.79 Å². The maximum Gasteiger partial charge on any atom is 0.309 e. The molecule has 0 radical (unpaired) electrons. The highest BCUT2D eigenvalue weighted by atomic mass is 16.7. The average Bonchev–Trinajstić information content (AvgIpc) is 3.52. The highest BCUT2D eigenvalue weighted by molar-refractivity contribution is 5.74. The second-order valence-corrected chi connectivity index (χ2v) is 14.8. The Morgan fingerprint density at radius 3 is 2.50 bits per heavy atom. The third-order valence-electron chi connectivity index (χ3n) is 12.0. The van der Waals surface area contributed by atoms with Crippen LogP contribution < -0.4 is 0 Å². The first-order valence-electron chi connectivity index (χ1n) is 17.0. The molecule has 7 aliphatic rings. The number of aliphatic hydroxyl groups is 3. The summed E-state index contributed by atoms with van der Waals surface area (Å²) in [5, 5.41) is 31.8. The van der Waals surface area contributed by atoms with Gasteiger partial charge in [0.05, 0.1) is 61.3 Å². The lowest BCUT2D eigenvalue weighted by Crippen LogP contribution is -2.56. The van der Waals surface area contributed by atoms with Crippen molar-refractivity contribution in [3.05, 3.63) is 23.5 Å². The summed E-state index contributed by atoms with van der Waals surface area (Å²) in [6.45, 7) is 8.01. The van der Waals surface area contributed by atoms with Gasteiger partial charge in [0.1, 0.15) is 18.3 Å². The Bertz CT molecular complexity index is 1210. The highest BCUT2D eigenvalue weighted by Crippen LogP contribution is 2.57. The Labute approximate surface area is 270 Å². The number of carbonyl (C=O) groups excluding carboxylic acids is 1. The number of methoxy groups -OCH3 is 1. The lowest BCUT2D eigenvalue weighted by Gasteiger charge is -2.52. The van der Waals surface area contributed by atoms with E-state index in [1.165, 1.54) is 5.57 Å². The maximum absolute atomic E-state index is 13.6. The van der Waals surface area contributed by atoms with Gasteiger partial charge in [-0.05, 0) is 62.9 Å². The van der Waals surface area contributed by atoms with Crippen LogP contribution in [-0.2, 0) is 42.7 Å². The van der Waals surface area contributed by atoms with Crippen molar-refractivity contribution in [2.24, 2.45) is 23.2 Å². The van der Waals surface area contributed by atoms with E-state index in [1.807, 2.05) is 13.8 Å². The SMILES string of the molecule is CO[C@@H]1C[C@@H](O[C@H]2CC3=CC[C@H]4C(=O)O[C@@H]5CO[C@]6(C)OC=C(CC[C@@H]4[C@]3(C)C[C@H]2O)[C@H]56)O[C@@H](C)[C@H]1O[C@H]1C[C@H](O)[C@H](O)[C@@H](C)O1. The summed E-state index contributed by atoms with van der Waals surface area (Å²) in [4.78, 5) is 13.6. The Hall–Kier alpha value is -1.61. The third-order valence-corrected chi connectivity index (χ3v) is 12.0. The molecule has 5 fully saturated rings. The number of hydrogen-bond acceptors (Lipinski definition) is 12. The molecule has 0 aromatic rings. The van der Waals surface area contributed by atoms with Gasteiger partial charge in [-0.1, -0.05) is 18.6 Å². The number of allylic oxidation sites excluding steroid dienone is 1. The Morgan fingerprint density at radius 2 is 1.74 bits per heavy atom. The van der Waals surface area contributed by atoms with Crippen LogP contribution in [0.15, 0.2) is 23.5 Å². The van der Waals surface area contributed by atoms with Crippen molar-refractivity contribution in [3.8, 4) is 0 Å². The second kappa shape index (κ2) is 12.4. The minimum atomic E-state index is -0.962. The number of esters is 1. The third kappa shape index (κ3) is 5.65. The summed E-state index contributed by atoms with van der Waals surface area (Å²) >= 11 is 0. The van der Waals surface area contributed by atoms with Gasteiger partial charge in [0.2, 0.25) is 5.79 Å². The second-order valence-electron chi connectivity index (χ2n) is 14.8. The Morgan fingerprint density at radius 1 is 0.978 bits per heavy atom. The van der Waals surface area contributed by atoms with Gasteiger partial charge in [-0.15, -0.1) is 0 Å². The summed E-state index contributed by atoms with van der Waals surface area (Å²) in [5.74, 6) is -1.34. The van der Waals surface area contributed by atoms with Gasteiger partial charge >= 0.3 is 5.97 Å². The zero-order chi connectivity index (χ0) is 32.5. The largest absolute Gasteiger partial charge is 0.469 e. The van der Waals surface area contributed by atoms with Crippen molar-refractivity contribution in [2.45, 2.75) is 146 Å². The quantitative estimate of drug-likeness (QED) is 0.296. The molecule has 0 aromatic heterocycles. The maximum atomic E-state index is 13.6. The van der Waals surface area contributed by atoms with E-state index in [-0.39, 0.29) is 47.8 Å². The molecular weight excluding hydrogens is 600 g/mol. The first-order chi connectivity index (χ1) is 21.9. The van der Waals surface area contributed by atoms with Gasteiger partial charge < -0.3 is 53.2 Å². The standard InChI is InChI=1S/C34H50O12/c1-16-30(37)22(35)11-27(42-16)46-31-17(2)43-28(12-25(31)39-5)44-24-10-19-7-8-20-21(33(19,3)13-23(24)36)9-6-18-14-40-34(4)29(18)26(15-41-34)45-32(20)38/h7,14,16-17,20-31,35-37H,6,8-13,15H2,1-5H3/t16-,17+,20-,21+,22+,23-,24+,25-,26-,27+,28-,29-,30-,31-,33-,34+/m1/s1. The lowest BCUT2D eigenvalue weighted by atomic mass is 9.55. The fourth-order valence-electron chi connectivity index (χ4n) is 9.38. The first kappa shape index (κ1) is 32.9. The number of carbonyl (C=O) groups is 1. The van der Waals surface area contributed by atoms with Gasteiger partial charge in [-0.25, -0.2) is 0 Å². The van der Waals surface area contributed by atoms with Gasteiger partial charge in [0, 0.05) is 26.9 Å². The van der Waals surface area contributed by atoms with Crippen LogP contribution in [0.4, 0.5) is 0 Å². The minimum Gasteiger partial charge on any atom is -0.469 e. The lowest BCUT2D eigenvalue weighted by molar-refractivity contribution is -0.321. The summed E-state index contributed by atoms with van der Waals surface area (Å²) in [6.07, 6.45) is 1.04. The molecule has 0 unspecified atom stereocenters. The number of rotatable bonds is 5. The Balaban J connectivity index is 1.01. The normalized spacial score (nSPS) is 52.0. The molecule has 0 bridgehead atoms. The number of hydrogen-bond donors (Lipinski definition) is 3. The number of aliphatic hydroxyl groups excluding tert-OH is 3. The zero-order valence-corrected chi connectivity index (χ0v) is 27.4. The van der Waals surface area contributed by atoms with E-state index in [9.17, 15) is 20.1 Å². The molecule has 0 aromatic carbocycles. The minimum absolute atomic E-state index is 0.00851. The predicted octanol–water partition coefficient (Wildman–Crippen LogP) is 2.47. The van der Waals surface area contributed by atoms with Crippen LogP contribution in [0.25, 0.3) is 0 Å². The van der Waals surface area contributed by atoms with Crippen LogP contribution in [0.2, 0.25) is 0 Å². The van der Waals surface area contributed by atoms with Crippen molar-refractivity contribution in [1.29, 1.82) is 0 Å². The van der Waals surface area contributed by atoms with Crippen molar-refractivity contribution < 1.29 is 58.0 Å². The molecule has 1 saturated carbocycles. The summed E-state index contributed by atoms with van der Waals surface area (Å²) in [6, 6.07) is 0. The van der Waals surface area contributed by atoms with Gasteiger partial charge in [0.25, 0.3) is 0 Å².